The summed E-state index contributed by atoms with van der Waals surface area (Å²) in [4.78, 5) is 0. The minimum Gasteiger partial charge on any atom is -0.398 e. The van der Waals surface area contributed by atoms with Crippen LogP contribution in [0.2, 0.25) is 0 Å². The van der Waals surface area contributed by atoms with Crippen molar-refractivity contribution in [3.05, 3.63) is 28.8 Å². The molecule has 16 heavy (non-hydrogen) atoms. The molecule has 1 aromatic carbocycles. The molecule has 2 rings (SSSR count). The fraction of sp³-hybridized carbons (Fsp3) is 0.571. The van der Waals surface area contributed by atoms with Crippen molar-refractivity contribution >= 4 is 5.69 Å². The van der Waals surface area contributed by atoms with Crippen molar-refractivity contribution in [3.63, 3.8) is 0 Å². The molecule has 1 fully saturated rings. The van der Waals surface area contributed by atoms with Crippen LogP contribution in [0.15, 0.2) is 12.1 Å². The predicted octanol–water partition coefficient (Wildman–Crippen LogP) is 3.00. The summed E-state index contributed by atoms with van der Waals surface area (Å²) in [6.45, 7) is 4.13. The van der Waals surface area contributed by atoms with Crippen LogP contribution in [-0.2, 0) is 5.54 Å². The van der Waals surface area contributed by atoms with E-state index in [9.17, 15) is 0 Å². The molecule has 1 saturated carbocycles. The van der Waals surface area contributed by atoms with Crippen LogP contribution in [0.1, 0.15) is 48.8 Å². The highest BCUT2D eigenvalue weighted by molar-refractivity contribution is 5.55. The molecule has 0 saturated heterocycles. The number of anilines is 1. The van der Waals surface area contributed by atoms with Crippen molar-refractivity contribution in [1.82, 2.24) is 0 Å². The van der Waals surface area contributed by atoms with E-state index in [2.05, 4.69) is 26.0 Å². The third-order valence-corrected chi connectivity index (χ3v) is 3.91. The van der Waals surface area contributed by atoms with Gasteiger partial charge in [-0.3, -0.25) is 0 Å². The van der Waals surface area contributed by atoms with E-state index in [1.165, 1.54) is 24.8 Å². The Bertz CT molecular complexity index is 367. The van der Waals surface area contributed by atoms with E-state index in [4.69, 9.17) is 11.5 Å². The molecule has 0 amide bonds. The Kier molecular flexibility index (Phi) is 2.94. The standard InChI is InChI=1S/C14H22N2/c1-10-8-12(9-11(2)13(10)15)14(16)6-4-3-5-7-14/h8-9H,3-7,15-16H2,1-2H3. The van der Waals surface area contributed by atoms with E-state index >= 15 is 0 Å². The Balaban J connectivity index is 2.39. The van der Waals surface area contributed by atoms with Crippen LogP contribution in [0.25, 0.3) is 0 Å². The van der Waals surface area contributed by atoms with E-state index in [0.29, 0.717) is 0 Å². The van der Waals surface area contributed by atoms with Crippen LogP contribution in [0, 0.1) is 13.8 Å². The van der Waals surface area contributed by atoms with Gasteiger partial charge in [0.25, 0.3) is 0 Å². The van der Waals surface area contributed by atoms with Crippen LogP contribution in [0.3, 0.4) is 0 Å². The third kappa shape index (κ3) is 1.94. The molecule has 1 aliphatic rings. The molecular weight excluding hydrogens is 196 g/mol. The SMILES string of the molecule is Cc1cc(C2(N)CCCCC2)cc(C)c1N. The quantitative estimate of drug-likeness (QED) is 0.712. The average Bonchev–Trinajstić information content (AvgIpc) is 2.26. The first-order valence-corrected chi connectivity index (χ1v) is 6.19. The highest BCUT2D eigenvalue weighted by atomic mass is 14.7. The minimum atomic E-state index is -0.110. The second kappa shape index (κ2) is 4.10. The van der Waals surface area contributed by atoms with Crippen LogP contribution >= 0.6 is 0 Å². The van der Waals surface area contributed by atoms with Gasteiger partial charge in [-0.2, -0.15) is 0 Å². The Hall–Kier alpha value is -1.02. The lowest BCUT2D eigenvalue weighted by molar-refractivity contribution is 0.302. The minimum absolute atomic E-state index is 0.110. The maximum Gasteiger partial charge on any atom is 0.0409 e. The first-order valence-electron chi connectivity index (χ1n) is 6.19. The molecule has 0 radical (unpaired) electrons. The number of hydrogen-bond acceptors (Lipinski definition) is 2. The lowest BCUT2D eigenvalue weighted by Crippen LogP contribution is -2.38. The van der Waals surface area contributed by atoms with Crippen molar-refractivity contribution in [2.45, 2.75) is 51.5 Å². The zero-order valence-electron chi connectivity index (χ0n) is 10.3. The highest BCUT2D eigenvalue weighted by Gasteiger charge is 2.29. The monoisotopic (exact) mass is 218 g/mol. The van der Waals surface area contributed by atoms with Gasteiger partial charge < -0.3 is 11.5 Å². The van der Waals surface area contributed by atoms with Gasteiger partial charge >= 0.3 is 0 Å². The first-order chi connectivity index (χ1) is 7.53. The molecule has 0 aromatic heterocycles. The lowest BCUT2D eigenvalue weighted by atomic mass is 9.76. The van der Waals surface area contributed by atoms with Crippen molar-refractivity contribution < 1.29 is 0 Å². The van der Waals surface area contributed by atoms with Crippen molar-refractivity contribution in [2.24, 2.45) is 5.73 Å². The van der Waals surface area contributed by atoms with E-state index in [1.807, 2.05) is 0 Å². The van der Waals surface area contributed by atoms with Gasteiger partial charge in [0.1, 0.15) is 0 Å². The summed E-state index contributed by atoms with van der Waals surface area (Å²) in [7, 11) is 0. The largest absolute Gasteiger partial charge is 0.398 e. The predicted molar refractivity (Wildman–Crippen MR) is 69.3 cm³/mol. The molecule has 0 spiro atoms. The Morgan fingerprint density at radius 1 is 1.00 bits per heavy atom. The number of hydrogen-bond donors (Lipinski definition) is 2. The van der Waals surface area contributed by atoms with Gasteiger partial charge in [0.05, 0.1) is 0 Å². The Morgan fingerprint density at radius 2 is 1.50 bits per heavy atom. The van der Waals surface area contributed by atoms with Crippen LogP contribution < -0.4 is 11.5 Å². The van der Waals surface area contributed by atoms with Crippen molar-refractivity contribution in [2.75, 3.05) is 5.73 Å². The molecular formula is C14H22N2. The molecule has 1 aromatic rings. The summed E-state index contributed by atoms with van der Waals surface area (Å²) in [6.07, 6.45) is 6.04. The first kappa shape index (κ1) is 11.5. The maximum atomic E-state index is 6.53. The fourth-order valence-electron chi connectivity index (χ4n) is 2.73. The summed E-state index contributed by atoms with van der Waals surface area (Å²) in [6, 6.07) is 4.35. The molecule has 0 atom stereocenters. The molecule has 2 heteroatoms. The summed E-state index contributed by atoms with van der Waals surface area (Å²) >= 11 is 0. The Morgan fingerprint density at radius 3 is 2.00 bits per heavy atom. The van der Waals surface area contributed by atoms with Crippen molar-refractivity contribution in [1.29, 1.82) is 0 Å². The molecule has 2 nitrogen and oxygen atoms in total. The van der Waals surface area contributed by atoms with Gasteiger partial charge in [0, 0.05) is 11.2 Å². The van der Waals surface area contributed by atoms with E-state index in [1.54, 1.807) is 0 Å². The number of aryl methyl sites for hydroxylation is 2. The second-order valence-electron chi connectivity index (χ2n) is 5.24. The third-order valence-electron chi connectivity index (χ3n) is 3.91. The van der Waals surface area contributed by atoms with E-state index < -0.39 is 0 Å². The molecule has 0 unspecified atom stereocenters. The summed E-state index contributed by atoms with van der Waals surface area (Å²) < 4.78 is 0. The zero-order valence-corrected chi connectivity index (χ0v) is 10.3. The maximum absolute atomic E-state index is 6.53. The van der Waals surface area contributed by atoms with Crippen LogP contribution in [0.5, 0.6) is 0 Å². The summed E-state index contributed by atoms with van der Waals surface area (Å²) in [5.74, 6) is 0. The highest BCUT2D eigenvalue weighted by Crippen LogP contribution is 2.36. The average molecular weight is 218 g/mol. The number of nitrogens with two attached hydrogens (primary N) is 2. The van der Waals surface area contributed by atoms with Crippen LogP contribution in [-0.4, -0.2) is 0 Å². The topological polar surface area (TPSA) is 52.0 Å². The number of benzene rings is 1. The summed E-state index contributed by atoms with van der Waals surface area (Å²) in [5.41, 5.74) is 16.9. The molecule has 4 N–H and O–H groups in total. The van der Waals surface area contributed by atoms with Gasteiger partial charge in [-0.15, -0.1) is 0 Å². The molecule has 88 valence electrons. The fourth-order valence-corrected chi connectivity index (χ4v) is 2.73. The smallest absolute Gasteiger partial charge is 0.0409 e. The molecule has 0 heterocycles. The van der Waals surface area contributed by atoms with Gasteiger partial charge in [-0.1, -0.05) is 31.4 Å². The zero-order chi connectivity index (χ0) is 11.8. The van der Waals surface area contributed by atoms with E-state index in [-0.39, 0.29) is 5.54 Å². The lowest BCUT2D eigenvalue weighted by Gasteiger charge is -2.34. The second-order valence-corrected chi connectivity index (χ2v) is 5.24. The normalized spacial score (nSPS) is 19.7. The number of nitrogen functional groups attached to an aromatic ring is 1. The van der Waals surface area contributed by atoms with Gasteiger partial charge in [-0.05, 0) is 43.4 Å². The van der Waals surface area contributed by atoms with Crippen LogP contribution in [0.4, 0.5) is 5.69 Å². The number of rotatable bonds is 1. The molecule has 1 aliphatic carbocycles. The van der Waals surface area contributed by atoms with E-state index in [0.717, 1.165) is 29.7 Å². The summed E-state index contributed by atoms with van der Waals surface area (Å²) in [5, 5.41) is 0. The van der Waals surface area contributed by atoms with Crippen molar-refractivity contribution in [3.8, 4) is 0 Å². The molecule has 0 aliphatic heterocycles. The Labute approximate surface area is 98.0 Å². The molecule has 0 bridgehead atoms. The van der Waals surface area contributed by atoms with Gasteiger partial charge in [0.2, 0.25) is 0 Å². The van der Waals surface area contributed by atoms with Gasteiger partial charge in [0.15, 0.2) is 0 Å². The van der Waals surface area contributed by atoms with Gasteiger partial charge in [-0.25, -0.2) is 0 Å².